The summed E-state index contributed by atoms with van der Waals surface area (Å²) < 4.78 is 60.3. The number of benzene rings is 1. The van der Waals surface area contributed by atoms with Crippen LogP contribution in [0.5, 0.6) is 5.75 Å². The van der Waals surface area contributed by atoms with Crippen LogP contribution < -0.4 is 15.2 Å². The van der Waals surface area contributed by atoms with Gasteiger partial charge in [-0.25, -0.2) is 9.49 Å². The first-order chi connectivity index (χ1) is 14.6. The average Bonchev–Trinajstić information content (AvgIpc) is 3.31. The van der Waals surface area contributed by atoms with E-state index in [1.54, 1.807) is 10.00 Å². The molecule has 0 spiro atoms. The van der Waals surface area contributed by atoms with Gasteiger partial charge in [-0.1, -0.05) is 0 Å². The number of H-pyrrole nitrogens is 1. The van der Waals surface area contributed by atoms with Crippen molar-refractivity contribution in [3.8, 4) is 5.75 Å². The molecule has 0 saturated carbocycles. The Kier molecular flexibility index (Phi) is 5.36. The molecule has 2 aliphatic heterocycles. The van der Waals surface area contributed by atoms with Crippen molar-refractivity contribution in [1.29, 1.82) is 0 Å². The summed E-state index contributed by atoms with van der Waals surface area (Å²) in [6.45, 7) is 2.29. The number of rotatable bonds is 4. The molecule has 3 heterocycles. The fraction of sp³-hybridized carbons (Fsp3) is 0.450. The van der Waals surface area contributed by atoms with Crippen molar-refractivity contribution in [2.24, 2.45) is 0 Å². The van der Waals surface area contributed by atoms with Gasteiger partial charge in [0.05, 0.1) is 17.9 Å². The van der Waals surface area contributed by atoms with Crippen molar-refractivity contribution in [1.82, 2.24) is 15.1 Å². The van der Waals surface area contributed by atoms with Crippen molar-refractivity contribution in [3.05, 3.63) is 51.2 Å². The number of hydrogen-bond acceptors (Lipinski definition) is 5. The quantitative estimate of drug-likeness (QED) is 0.740. The van der Waals surface area contributed by atoms with Gasteiger partial charge in [-0.05, 0) is 36.1 Å². The number of alkyl halides is 3. The maximum absolute atomic E-state index is 14.6. The molecular weight excluding hydrogens is 420 g/mol. The van der Waals surface area contributed by atoms with Gasteiger partial charge < -0.3 is 14.5 Å². The Hall–Kier alpha value is -3.11. The van der Waals surface area contributed by atoms with Gasteiger partial charge >= 0.3 is 6.18 Å². The molecule has 11 heteroatoms. The summed E-state index contributed by atoms with van der Waals surface area (Å²) in [7, 11) is 0. The van der Waals surface area contributed by atoms with Crippen LogP contribution in [0.2, 0.25) is 0 Å². The highest BCUT2D eigenvalue weighted by atomic mass is 19.4. The summed E-state index contributed by atoms with van der Waals surface area (Å²) in [5.74, 6) is -0.716. The molecule has 1 aromatic heterocycles. The van der Waals surface area contributed by atoms with E-state index in [2.05, 4.69) is 5.10 Å². The number of aromatic nitrogens is 2. The van der Waals surface area contributed by atoms with E-state index in [1.165, 1.54) is 24.0 Å². The van der Waals surface area contributed by atoms with Crippen LogP contribution in [0.25, 0.3) is 0 Å². The number of likely N-dealkylation sites (tertiary alicyclic amines) is 1. The molecule has 0 aliphatic carbocycles. The lowest BCUT2D eigenvalue weighted by Gasteiger charge is -2.23. The second-order valence-corrected chi connectivity index (χ2v) is 7.68. The van der Waals surface area contributed by atoms with Crippen molar-refractivity contribution in [2.45, 2.75) is 45.1 Å². The number of hydrogen-bond donors (Lipinski definition) is 1. The molecule has 2 aliphatic rings. The highest BCUT2D eigenvalue weighted by Crippen LogP contribution is 2.38. The summed E-state index contributed by atoms with van der Waals surface area (Å²) in [6.07, 6.45) is -2.30. The first kappa shape index (κ1) is 21.1. The SMILES string of the molecule is CC(=O)N1CCCC1COc1cc2c(cc1F)CN(c1cn[nH]c(=O)c1C(F)(F)F)C2. The Labute approximate surface area is 174 Å². The number of ether oxygens (including phenoxy) is 1. The fourth-order valence-electron chi connectivity index (χ4n) is 4.19. The molecule has 1 atom stereocenters. The molecule has 1 fully saturated rings. The minimum absolute atomic E-state index is 0.00147. The van der Waals surface area contributed by atoms with Gasteiger partial charge in [-0.15, -0.1) is 0 Å². The molecule has 166 valence electrons. The van der Waals surface area contributed by atoms with Crippen LogP contribution >= 0.6 is 0 Å². The minimum atomic E-state index is -4.86. The predicted molar refractivity (Wildman–Crippen MR) is 102 cm³/mol. The molecule has 1 amide bonds. The Bertz CT molecular complexity index is 1070. The van der Waals surface area contributed by atoms with E-state index in [0.717, 1.165) is 19.0 Å². The summed E-state index contributed by atoms with van der Waals surface area (Å²) in [5, 5.41) is 5.29. The number of halogens is 4. The van der Waals surface area contributed by atoms with E-state index in [9.17, 15) is 27.2 Å². The molecule has 1 aromatic carbocycles. The van der Waals surface area contributed by atoms with Crippen LogP contribution in [0, 0.1) is 5.82 Å². The third kappa shape index (κ3) is 4.08. The maximum Gasteiger partial charge on any atom is 0.423 e. The number of carbonyl (C=O) groups is 1. The third-order valence-electron chi connectivity index (χ3n) is 5.65. The Balaban J connectivity index is 1.54. The molecule has 1 N–H and O–H groups in total. The number of amides is 1. The molecule has 7 nitrogen and oxygen atoms in total. The number of anilines is 1. The van der Waals surface area contributed by atoms with Gasteiger partial charge in [0.25, 0.3) is 5.56 Å². The fourth-order valence-corrected chi connectivity index (χ4v) is 4.19. The van der Waals surface area contributed by atoms with E-state index in [4.69, 9.17) is 4.74 Å². The van der Waals surface area contributed by atoms with Crippen molar-refractivity contribution in [3.63, 3.8) is 0 Å². The number of nitrogens with zero attached hydrogens (tertiary/aromatic N) is 3. The van der Waals surface area contributed by atoms with Gasteiger partial charge in [0.2, 0.25) is 5.91 Å². The largest absolute Gasteiger partial charge is 0.488 e. The molecule has 0 radical (unpaired) electrons. The first-order valence-corrected chi connectivity index (χ1v) is 9.76. The maximum atomic E-state index is 14.6. The molecule has 31 heavy (non-hydrogen) atoms. The topological polar surface area (TPSA) is 78.5 Å². The standard InChI is InChI=1S/C20H20F4N4O3/c1-11(29)28-4-2-3-14(28)10-31-17-6-13-9-27(8-12(13)5-15(17)21)16-7-25-26-19(30)18(16)20(22,23)24/h5-7,14H,2-4,8-10H2,1H3,(H,26,30). The molecule has 2 aromatic rings. The lowest BCUT2D eigenvalue weighted by molar-refractivity contribution is -0.138. The number of fused-ring (bicyclic) bond motifs is 1. The van der Waals surface area contributed by atoms with Crippen LogP contribution in [0.3, 0.4) is 0 Å². The van der Waals surface area contributed by atoms with Gasteiger partial charge in [-0.3, -0.25) is 9.59 Å². The van der Waals surface area contributed by atoms with Crippen LogP contribution in [0.1, 0.15) is 36.5 Å². The van der Waals surface area contributed by atoms with Crippen LogP contribution in [-0.2, 0) is 24.1 Å². The summed E-state index contributed by atoms with van der Waals surface area (Å²) >= 11 is 0. The van der Waals surface area contributed by atoms with Crippen LogP contribution in [-0.4, -0.2) is 40.2 Å². The van der Waals surface area contributed by atoms with Gasteiger partial charge in [0.15, 0.2) is 11.6 Å². The molecule has 0 bridgehead atoms. The molecule has 1 unspecified atom stereocenters. The van der Waals surface area contributed by atoms with E-state index in [-0.39, 0.29) is 43.1 Å². The van der Waals surface area contributed by atoms with Crippen LogP contribution in [0.4, 0.5) is 23.2 Å². The van der Waals surface area contributed by atoms with E-state index >= 15 is 0 Å². The van der Waals surface area contributed by atoms with Gasteiger partial charge in [0, 0.05) is 26.6 Å². The zero-order chi connectivity index (χ0) is 22.3. The number of aromatic amines is 1. The van der Waals surface area contributed by atoms with Crippen molar-refractivity contribution in [2.75, 3.05) is 18.1 Å². The lowest BCUT2D eigenvalue weighted by atomic mass is 10.1. The Morgan fingerprint density at radius 2 is 2.00 bits per heavy atom. The summed E-state index contributed by atoms with van der Waals surface area (Å²) in [6, 6.07) is 2.56. The van der Waals surface area contributed by atoms with E-state index < -0.39 is 23.1 Å². The average molecular weight is 440 g/mol. The van der Waals surface area contributed by atoms with E-state index in [0.29, 0.717) is 17.7 Å². The normalized spacial score (nSPS) is 18.4. The molecule has 4 rings (SSSR count). The smallest absolute Gasteiger partial charge is 0.423 e. The first-order valence-electron chi connectivity index (χ1n) is 9.76. The Morgan fingerprint density at radius 1 is 1.29 bits per heavy atom. The van der Waals surface area contributed by atoms with Gasteiger partial charge in [0.1, 0.15) is 12.2 Å². The number of carbonyl (C=O) groups excluding carboxylic acids is 1. The summed E-state index contributed by atoms with van der Waals surface area (Å²) in [4.78, 5) is 26.4. The summed E-state index contributed by atoms with van der Waals surface area (Å²) in [5.41, 5.74) is -1.93. The van der Waals surface area contributed by atoms with Gasteiger partial charge in [-0.2, -0.15) is 18.3 Å². The zero-order valence-electron chi connectivity index (χ0n) is 16.6. The predicted octanol–water partition coefficient (Wildman–Crippen LogP) is 2.84. The molecular formula is C20H20F4N4O3. The molecule has 1 saturated heterocycles. The van der Waals surface area contributed by atoms with Crippen LogP contribution in [0.15, 0.2) is 23.1 Å². The zero-order valence-corrected chi connectivity index (χ0v) is 16.6. The third-order valence-corrected chi connectivity index (χ3v) is 5.65. The van der Waals surface area contributed by atoms with Crippen molar-refractivity contribution < 1.29 is 27.1 Å². The Morgan fingerprint density at radius 3 is 2.68 bits per heavy atom. The highest BCUT2D eigenvalue weighted by molar-refractivity contribution is 5.73. The highest BCUT2D eigenvalue weighted by Gasteiger charge is 2.39. The monoisotopic (exact) mass is 440 g/mol. The lowest BCUT2D eigenvalue weighted by Crippen LogP contribution is -2.37. The van der Waals surface area contributed by atoms with E-state index in [1.807, 2.05) is 0 Å². The van der Waals surface area contributed by atoms with Crippen molar-refractivity contribution >= 4 is 11.6 Å². The second kappa shape index (κ2) is 7.86. The number of nitrogens with one attached hydrogen (secondary N) is 1. The second-order valence-electron chi connectivity index (χ2n) is 7.68. The minimum Gasteiger partial charge on any atom is -0.488 e.